The van der Waals surface area contributed by atoms with Crippen LogP contribution in [0.4, 0.5) is 4.79 Å². The number of amides is 2. The van der Waals surface area contributed by atoms with Crippen LogP contribution < -0.4 is 5.32 Å². The Bertz CT molecular complexity index is 572. The number of hydrogen-bond donors (Lipinski definition) is 1. The third kappa shape index (κ3) is 3.70. The monoisotopic (exact) mass is 333 g/mol. The second kappa shape index (κ2) is 7.49. The van der Waals surface area contributed by atoms with Gasteiger partial charge in [-0.05, 0) is 43.4 Å². The van der Waals surface area contributed by atoms with Crippen molar-refractivity contribution >= 4 is 6.03 Å². The molecular formula is C18H27N3O3. The van der Waals surface area contributed by atoms with Gasteiger partial charge in [0.2, 0.25) is 0 Å². The van der Waals surface area contributed by atoms with Crippen LogP contribution in [0.25, 0.3) is 0 Å². The lowest BCUT2D eigenvalue weighted by atomic mass is 9.90. The lowest BCUT2D eigenvalue weighted by Crippen LogP contribution is -2.51. The molecule has 0 radical (unpaired) electrons. The molecule has 0 aromatic carbocycles. The topological polar surface area (TPSA) is 63.7 Å². The zero-order valence-electron chi connectivity index (χ0n) is 14.6. The van der Waals surface area contributed by atoms with Crippen molar-refractivity contribution in [3.8, 4) is 0 Å². The van der Waals surface area contributed by atoms with E-state index in [1.807, 2.05) is 24.1 Å². The van der Waals surface area contributed by atoms with E-state index < -0.39 is 5.79 Å². The number of urea groups is 1. The lowest BCUT2D eigenvalue weighted by Gasteiger charge is -2.39. The van der Waals surface area contributed by atoms with Gasteiger partial charge in [-0.1, -0.05) is 6.92 Å². The molecule has 1 N–H and O–H groups in total. The zero-order chi connectivity index (χ0) is 17.0. The summed E-state index contributed by atoms with van der Waals surface area (Å²) in [6.45, 7) is 7.38. The normalized spacial score (nSPS) is 23.2. The van der Waals surface area contributed by atoms with Gasteiger partial charge in [-0.25, -0.2) is 4.79 Å². The van der Waals surface area contributed by atoms with Crippen molar-refractivity contribution in [2.45, 2.75) is 45.4 Å². The van der Waals surface area contributed by atoms with E-state index in [-0.39, 0.29) is 11.9 Å². The van der Waals surface area contributed by atoms with Crippen LogP contribution >= 0.6 is 0 Å². The molecule has 2 amide bonds. The Morgan fingerprint density at radius 2 is 2.21 bits per heavy atom. The van der Waals surface area contributed by atoms with Gasteiger partial charge in [0.15, 0.2) is 5.79 Å². The van der Waals surface area contributed by atoms with Crippen molar-refractivity contribution in [3.63, 3.8) is 0 Å². The Hall–Kier alpha value is -1.66. The molecule has 6 nitrogen and oxygen atoms in total. The molecule has 6 heteroatoms. The molecule has 24 heavy (non-hydrogen) atoms. The van der Waals surface area contributed by atoms with Gasteiger partial charge >= 0.3 is 6.03 Å². The largest absolute Gasteiger partial charge is 0.347 e. The van der Waals surface area contributed by atoms with Gasteiger partial charge in [-0.15, -0.1) is 0 Å². The van der Waals surface area contributed by atoms with E-state index in [9.17, 15) is 4.79 Å². The van der Waals surface area contributed by atoms with Crippen molar-refractivity contribution in [3.05, 3.63) is 29.6 Å². The molecular weight excluding hydrogens is 306 g/mol. The fourth-order valence-electron chi connectivity index (χ4n) is 3.59. The number of carbonyl (C=O) groups is 1. The summed E-state index contributed by atoms with van der Waals surface area (Å²) >= 11 is 0. The fraction of sp³-hybridized carbons (Fsp3) is 0.667. The van der Waals surface area contributed by atoms with Gasteiger partial charge in [0.25, 0.3) is 0 Å². The van der Waals surface area contributed by atoms with E-state index in [2.05, 4.69) is 17.2 Å². The molecule has 3 rings (SSSR count). The van der Waals surface area contributed by atoms with Gasteiger partial charge in [0, 0.05) is 37.9 Å². The number of rotatable bonds is 4. The SMILES string of the molecule is CCc1cnccc1CNC(=O)N1CCCC(C2(C)OCCO2)C1. The maximum absolute atomic E-state index is 12.6. The quantitative estimate of drug-likeness (QED) is 0.918. The maximum atomic E-state index is 12.6. The number of nitrogens with one attached hydrogen (secondary N) is 1. The van der Waals surface area contributed by atoms with Crippen LogP contribution in [0.15, 0.2) is 18.5 Å². The Morgan fingerprint density at radius 3 is 2.96 bits per heavy atom. The van der Waals surface area contributed by atoms with Crippen molar-refractivity contribution < 1.29 is 14.3 Å². The van der Waals surface area contributed by atoms with Crippen LogP contribution in [0.3, 0.4) is 0 Å². The second-order valence-corrected chi connectivity index (χ2v) is 6.65. The molecule has 1 aromatic rings. The second-order valence-electron chi connectivity index (χ2n) is 6.65. The average molecular weight is 333 g/mol. The standard InChI is InChI=1S/C18H27N3O3/c1-3-14-11-19-7-6-15(14)12-20-17(22)21-8-4-5-16(13-21)18(2)23-9-10-24-18/h6-7,11,16H,3-5,8-10,12-13H2,1-2H3,(H,20,22). The Labute approximate surface area is 143 Å². The molecule has 2 fully saturated rings. The summed E-state index contributed by atoms with van der Waals surface area (Å²) in [5, 5.41) is 3.04. The van der Waals surface area contributed by atoms with Gasteiger partial charge in [0.05, 0.1) is 13.2 Å². The summed E-state index contributed by atoms with van der Waals surface area (Å²) < 4.78 is 11.6. The highest BCUT2D eigenvalue weighted by atomic mass is 16.7. The van der Waals surface area contributed by atoms with Crippen LogP contribution in [0.1, 0.15) is 37.8 Å². The Morgan fingerprint density at radius 1 is 1.42 bits per heavy atom. The molecule has 0 saturated carbocycles. The highest BCUT2D eigenvalue weighted by molar-refractivity contribution is 5.74. The van der Waals surface area contributed by atoms with E-state index in [0.717, 1.165) is 31.4 Å². The first-order chi connectivity index (χ1) is 11.6. The van der Waals surface area contributed by atoms with Crippen LogP contribution in [-0.4, -0.2) is 48.0 Å². The predicted molar refractivity (Wildman–Crippen MR) is 90.5 cm³/mol. The first-order valence-corrected chi connectivity index (χ1v) is 8.85. The molecule has 2 aliphatic heterocycles. The van der Waals surface area contributed by atoms with Gasteiger partial charge in [-0.2, -0.15) is 0 Å². The van der Waals surface area contributed by atoms with Gasteiger partial charge in [0.1, 0.15) is 0 Å². The smallest absolute Gasteiger partial charge is 0.317 e. The van der Waals surface area contributed by atoms with E-state index in [4.69, 9.17) is 9.47 Å². The van der Waals surface area contributed by atoms with E-state index in [0.29, 0.717) is 26.3 Å². The molecule has 0 spiro atoms. The van der Waals surface area contributed by atoms with E-state index >= 15 is 0 Å². The highest BCUT2D eigenvalue weighted by Gasteiger charge is 2.42. The summed E-state index contributed by atoms with van der Waals surface area (Å²) in [6.07, 6.45) is 6.57. The number of likely N-dealkylation sites (tertiary alicyclic amines) is 1. The molecule has 1 unspecified atom stereocenters. The number of pyridine rings is 1. The van der Waals surface area contributed by atoms with Crippen LogP contribution in [0.2, 0.25) is 0 Å². The minimum atomic E-state index is -0.542. The number of piperidine rings is 1. The van der Waals surface area contributed by atoms with Crippen molar-refractivity contribution in [1.82, 2.24) is 15.2 Å². The fourth-order valence-corrected chi connectivity index (χ4v) is 3.59. The van der Waals surface area contributed by atoms with E-state index in [1.165, 1.54) is 5.56 Å². The number of hydrogen-bond acceptors (Lipinski definition) is 4. The molecule has 0 aliphatic carbocycles. The summed E-state index contributed by atoms with van der Waals surface area (Å²) in [6, 6.07) is 1.96. The summed E-state index contributed by atoms with van der Waals surface area (Å²) in [7, 11) is 0. The highest BCUT2D eigenvalue weighted by Crippen LogP contribution is 2.34. The molecule has 1 atom stereocenters. The minimum absolute atomic E-state index is 0.0137. The van der Waals surface area contributed by atoms with Gasteiger partial charge in [-0.3, -0.25) is 4.98 Å². The molecule has 3 heterocycles. The first-order valence-electron chi connectivity index (χ1n) is 8.85. The van der Waals surface area contributed by atoms with Crippen LogP contribution in [-0.2, 0) is 22.4 Å². The summed E-state index contributed by atoms with van der Waals surface area (Å²) in [4.78, 5) is 18.6. The molecule has 1 aromatic heterocycles. The van der Waals surface area contributed by atoms with Gasteiger partial charge < -0.3 is 19.7 Å². The lowest BCUT2D eigenvalue weighted by molar-refractivity contribution is -0.189. The predicted octanol–water partition coefficient (Wildman–Crippen LogP) is 2.33. The average Bonchev–Trinajstić information content (AvgIpc) is 3.08. The van der Waals surface area contributed by atoms with Crippen LogP contribution in [0.5, 0.6) is 0 Å². The number of nitrogens with zero attached hydrogens (tertiary/aromatic N) is 2. The zero-order valence-corrected chi connectivity index (χ0v) is 14.6. The molecule has 2 saturated heterocycles. The number of aryl methyl sites for hydroxylation is 1. The summed E-state index contributed by atoms with van der Waals surface area (Å²) in [5.41, 5.74) is 2.30. The Balaban J connectivity index is 1.56. The molecule has 2 aliphatic rings. The van der Waals surface area contributed by atoms with Crippen molar-refractivity contribution in [2.24, 2.45) is 5.92 Å². The third-order valence-corrected chi connectivity index (χ3v) is 5.13. The summed E-state index contributed by atoms with van der Waals surface area (Å²) in [5.74, 6) is -0.314. The van der Waals surface area contributed by atoms with Crippen molar-refractivity contribution in [1.29, 1.82) is 0 Å². The van der Waals surface area contributed by atoms with Crippen molar-refractivity contribution in [2.75, 3.05) is 26.3 Å². The third-order valence-electron chi connectivity index (χ3n) is 5.13. The number of carbonyl (C=O) groups excluding carboxylic acids is 1. The first kappa shape index (κ1) is 17.2. The maximum Gasteiger partial charge on any atom is 0.317 e. The number of ether oxygens (including phenoxy) is 2. The Kier molecular flexibility index (Phi) is 5.36. The van der Waals surface area contributed by atoms with Crippen LogP contribution in [0, 0.1) is 5.92 Å². The number of aromatic nitrogens is 1. The van der Waals surface area contributed by atoms with E-state index in [1.54, 1.807) is 6.20 Å². The molecule has 0 bridgehead atoms. The molecule has 132 valence electrons. The minimum Gasteiger partial charge on any atom is -0.347 e.